The molecule has 2 aromatic carbocycles. The van der Waals surface area contributed by atoms with E-state index in [1.54, 1.807) is 12.1 Å². The summed E-state index contributed by atoms with van der Waals surface area (Å²) < 4.78 is 10.6. The van der Waals surface area contributed by atoms with Gasteiger partial charge in [-0.1, -0.05) is 30.3 Å². The van der Waals surface area contributed by atoms with Crippen LogP contribution in [0.5, 0.6) is 11.5 Å². The quantitative estimate of drug-likeness (QED) is 0.738. The van der Waals surface area contributed by atoms with Gasteiger partial charge < -0.3 is 20.1 Å². The maximum absolute atomic E-state index is 13.4. The molecule has 1 saturated heterocycles. The van der Waals surface area contributed by atoms with E-state index in [9.17, 15) is 14.4 Å². The molecule has 160 valence electrons. The summed E-state index contributed by atoms with van der Waals surface area (Å²) in [5, 5.41) is 5.67. The SMILES string of the molecule is O=C(CN1C(=O)N[C@@]2(CCCCc3ccccc32)C1=O)NCc1ccc2c(c1)OCO2. The molecule has 1 fully saturated rings. The monoisotopic (exact) mass is 421 g/mol. The average molecular weight is 421 g/mol. The summed E-state index contributed by atoms with van der Waals surface area (Å²) in [6, 6.07) is 12.6. The van der Waals surface area contributed by atoms with Gasteiger partial charge in [-0.2, -0.15) is 0 Å². The summed E-state index contributed by atoms with van der Waals surface area (Å²) in [6.45, 7) is 0.119. The van der Waals surface area contributed by atoms with Gasteiger partial charge >= 0.3 is 6.03 Å². The Morgan fingerprint density at radius 3 is 2.84 bits per heavy atom. The minimum atomic E-state index is -1.08. The van der Waals surface area contributed by atoms with Gasteiger partial charge in [0.05, 0.1) is 0 Å². The van der Waals surface area contributed by atoms with E-state index in [4.69, 9.17) is 9.47 Å². The van der Waals surface area contributed by atoms with Gasteiger partial charge in [0.25, 0.3) is 5.91 Å². The number of rotatable bonds is 4. The van der Waals surface area contributed by atoms with Crippen LogP contribution in [0.1, 0.15) is 36.0 Å². The van der Waals surface area contributed by atoms with Gasteiger partial charge in [0.1, 0.15) is 12.1 Å². The van der Waals surface area contributed by atoms with Crippen LogP contribution in [0, 0.1) is 0 Å². The van der Waals surface area contributed by atoms with Crippen LogP contribution in [0.25, 0.3) is 0 Å². The molecule has 8 nitrogen and oxygen atoms in total. The molecule has 2 aromatic rings. The number of hydrogen-bond donors (Lipinski definition) is 2. The number of carbonyl (C=O) groups is 3. The molecule has 2 heterocycles. The van der Waals surface area contributed by atoms with Crippen molar-refractivity contribution in [1.29, 1.82) is 0 Å². The number of nitrogens with one attached hydrogen (secondary N) is 2. The number of nitrogens with zero attached hydrogens (tertiary/aromatic N) is 1. The molecule has 5 rings (SSSR count). The Labute approximate surface area is 179 Å². The Hall–Kier alpha value is -3.55. The molecule has 0 aromatic heterocycles. The number of hydrogen-bond acceptors (Lipinski definition) is 5. The lowest BCUT2D eigenvalue weighted by molar-refractivity contribution is -0.135. The summed E-state index contributed by atoms with van der Waals surface area (Å²) in [6.07, 6.45) is 3.18. The van der Waals surface area contributed by atoms with E-state index >= 15 is 0 Å². The lowest BCUT2D eigenvalue weighted by atomic mass is 9.84. The van der Waals surface area contributed by atoms with Crippen molar-refractivity contribution in [2.24, 2.45) is 0 Å². The zero-order valence-electron chi connectivity index (χ0n) is 17.0. The number of benzene rings is 2. The predicted octanol–water partition coefficient (Wildman–Crippen LogP) is 2.21. The van der Waals surface area contributed by atoms with Crippen molar-refractivity contribution < 1.29 is 23.9 Å². The van der Waals surface area contributed by atoms with Gasteiger partial charge in [0.2, 0.25) is 12.7 Å². The first kappa shape index (κ1) is 19.4. The van der Waals surface area contributed by atoms with Crippen molar-refractivity contribution in [2.75, 3.05) is 13.3 Å². The molecule has 3 aliphatic rings. The van der Waals surface area contributed by atoms with E-state index in [1.807, 2.05) is 30.3 Å². The second-order valence-electron chi connectivity index (χ2n) is 8.06. The molecule has 1 atom stereocenters. The third-order valence-corrected chi connectivity index (χ3v) is 6.13. The largest absolute Gasteiger partial charge is 0.454 e. The maximum Gasteiger partial charge on any atom is 0.325 e. The van der Waals surface area contributed by atoms with Gasteiger partial charge in [0.15, 0.2) is 11.5 Å². The van der Waals surface area contributed by atoms with Crippen molar-refractivity contribution in [3.8, 4) is 11.5 Å². The molecule has 1 spiro atoms. The van der Waals surface area contributed by atoms with E-state index < -0.39 is 17.5 Å². The first-order chi connectivity index (χ1) is 15.1. The van der Waals surface area contributed by atoms with Gasteiger partial charge in [-0.25, -0.2) is 4.79 Å². The summed E-state index contributed by atoms with van der Waals surface area (Å²) >= 11 is 0. The number of ether oxygens (including phenoxy) is 2. The maximum atomic E-state index is 13.4. The fraction of sp³-hybridized carbons (Fsp3) is 0.348. The highest BCUT2D eigenvalue weighted by Gasteiger charge is 2.53. The van der Waals surface area contributed by atoms with Crippen LogP contribution in [0.15, 0.2) is 42.5 Å². The molecule has 4 amide bonds. The van der Waals surface area contributed by atoms with Crippen molar-refractivity contribution in [3.05, 3.63) is 59.2 Å². The second kappa shape index (κ2) is 7.61. The lowest BCUT2D eigenvalue weighted by Crippen LogP contribution is -2.45. The molecule has 0 radical (unpaired) electrons. The zero-order valence-corrected chi connectivity index (χ0v) is 17.0. The lowest BCUT2D eigenvalue weighted by Gasteiger charge is -2.27. The summed E-state index contributed by atoms with van der Waals surface area (Å²) in [5.74, 6) is 0.545. The first-order valence-corrected chi connectivity index (χ1v) is 10.4. The number of fused-ring (bicyclic) bond motifs is 3. The number of amides is 4. The van der Waals surface area contributed by atoms with Crippen LogP contribution in [-0.4, -0.2) is 36.1 Å². The van der Waals surface area contributed by atoms with Crippen molar-refractivity contribution in [3.63, 3.8) is 0 Å². The van der Waals surface area contributed by atoms with Crippen LogP contribution < -0.4 is 20.1 Å². The summed E-state index contributed by atoms with van der Waals surface area (Å²) in [5.41, 5.74) is 1.67. The Morgan fingerprint density at radius 2 is 1.94 bits per heavy atom. The highest BCUT2D eigenvalue weighted by molar-refractivity contribution is 6.09. The Bertz CT molecular complexity index is 1070. The van der Waals surface area contributed by atoms with Gasteiger partial charge in [0, 0.05) is 6.54 Å². The standard InChI is InChI=1S/C23H23N3O5/c27-20(24-12-15-8-9-18-19(11-15)31-14-30-18)13-26-21(28)23(25-22(26)29)10-4-3-6-16-5-1-2-7-17(16)23/h1-2,5,7-9,11H,3-4,6,10,12-14H2,(H,24,27)(H,25,29)/t23-/m1/s1. The van der Waals surface area contributed by atoms with E-state index in [0.717, 1.165) is 40.9 Å². The van der Waals surface area contributed by atoms with Gasteiger partial charge in [-0.3, -0.25) is 14.5 Å². The second-order valence-corrected chi connectivity index (χ2v) is 8.06. The number of aryl methyl sites for hydroxylation is 1. The molecule has 0 unspecified atom stereocenters. The predicted molar refractivity (Wildman–Crippen MR) is 110 cm³/mol. The topological polar surface area (TPSA) is 97.0 Å². The van der Waals surface area contributed by atoms with Gasteiger partial charge in [-0.05, 0) is 54.5 Å². The van der Waals surface area contributed by atoms with E-state index in [-0.39, 0.29) is 25.8 Å². The minimum Gasteiger partial charge on any atom is -0.454 e. The van der Waals surface area contributed by atoms with Crippen molar-refractivity contribution in [1.82, 2.24) is 15.5 Å². The smallest absolute Gasteiger partial charge is 0.325 e. The average Bonchev–Trinajstić information content (AvgIpc) is 3.27. The van der Waals surface area contributed by atoms with Crippen molar-refractivity contribution >= 4 is 17.8 Å². The van der Waals surface area contributed by atoms with Crippen LogP contribution >= 0.6 is 0 Å². The number of carbonyl (C=O) groups excluding carboxylic acids is 3. The fourth-order valence-electron chi connectivity index (χ4n) is 4.57. The Kier molecular flexibility index (Phi) is 4.77. The van der Waals surface area contributed by atoms with Crippen LogP contribution in [-0.2, 0) is 28.1 Å². The normalized spacial score (nSPS) is 21.6. The molecule has 0 saturated carbocycles. The van der Waals surface area contributed by atoms with Gasteiger partial charge in [-0.15, -0.1) is 0 Å². The molecule has 0 bridgehead atoms. The third kappa shape index (κ3) is 3.37. The highest BCUT2D eigenvalue weighted by atomic mass is 16.7. The summed E-state index contributed by atoms with van der Waals surface area (Å²) in [7, 11) is 0. The first-order valence-electron chi connectivity index (χ1n) is 10.4. The van der Waals surface area contributed by atoms with E-state index in [0.29, 0.717) is 17.9 Å². The minimum absolute atomic E-state index is 0.183. The number of urea groups is 1. The molecule has 31 heavy (non-hydrogen) atoms. The molecule has 2 aliphatic heterocycles. The molecule has 2 N–H and O–H groups in total. The van der Waals surface area contributed by atoms with Crippen LogP contribution in [0.2, 0.25) is 0 Å². The fourth-order valence-corrected chi connectivity index (χ4v) is 4.57. The molecule has 1 aliphatic carbocycles. The molecular formula is C23H23N3O5. The van der Waals surface area contributed by atoms with Crippen LogP contribution in [0.4, 0.5) is 4.79 Å². The Balaban J connectivity index is 1.29. The van der Waals surface area contributed by atoms with Crippen LogP contribution in [0.3, 0.4) is 0 Å². The number of imide groups is 1. The third-order valence-electron chi connectivity index (χ3n) is 6.13. The van der Waals surface area contributed by atoms with Crippen molar-refractivity contribution in [2.45, 2.75) is 37.8 Å². The molecule has 8 heteroatoms. The molecular weight excluding hydrogens is 398 g/mol. The Morgan fingerprint density at radius 1 is 1.10 bits per heavy atom. The highest BCUT2D eigenvalue weighted by Crippen LogP contribution is 2.39. The van der Waals surface area contributed by atoms with E-state index in [1.165, 1.54) is 0 Å². The van der Waals surface area contributed by atoms with E-state index in [2.05, 4.69) is 10.6 Å². The zero-order chi connectivity index (χ0) is 21.4. The summed E-state index contributed by atoms with van der Waals surface area (Å²) in [4.78, 5) is 39.6.